The van der Waals surface area contributed by atoms with Gasteiger partial charge in [-0.15, -0.1) is 0 Å². The lowest BCUT2D eigenvalue weighted by molar-refractivity contribution is -0.141. The average molecular weight is 1050 g/mol. The van der Waals surface area contributed by atoms with Crippen LogP contribution in [0.2, 0.25) is 0 Å². The van der Waals surface area contributed by atoms with Crippen LogP contribution in [0.3, 0.4) is 0 Å². The van der Waals surface area contributed by atoms with Gasteiger partial charge < -0.3 is 28.8 Å². The van der Waals surface area contributed by atoms with E-state index in [1.54, 1.807) is 71.1 Å². The molecule has 0 spiro atoms. The molecule has 2 aliphatic rings. The van der Waals surface area contributed by atoms with Gasteiger partial charge in [-0.1, -0.05) is 36.4 Å². The van der Waals surface area contributed by atoms with Gasteiger partial charge in [-0.3, -0.25) is 33.5 Å². The molecule has 2 aliphatic heterocycles. The molecule has 23 nitrogen and oxygen atoms in total. The van der Waals surface area contributed by atoms with Gasteiger partial charge in [0.05, 0.1) is 108 Å². The molecule has 1 N–H and O–H groups in total. The Kier molecular flexibility index (Phi) is 18.7. The topological polar surface area (TPSA) is 247 Å². The molecule has 10 rings (SSSR count). The van der Waals surface area contributed by atoms with Crippen LogP contribution in [0, 0.1) is 0 Å². The van der Waals surface area contributed by atoms with Crippen molar-refractivity contribution in [1.29, 1.82) is 0 Å². The van der Waals surface area contributed by atoms with Gasteiger partial charge in [-0.2, -0.15) is 20.4 Å². The van der Waals surface area contributed by atoms with E-state index in [0.717, 1.165) is 99.1 Å². The van der Waals surface area contributed by atoms with Crippen LogP contribution in [0.1, 0.15) is 18.1 Å². The summed E-state index contributed by atoms with van der Waals surface area (Å²) in [4.78, 5) is 58.5. The van der Waals surface area contributed by atoms with Gasteiger partial charge in [0.25, 0.3) is 11.1 Å². The number of ether oxygens (including phenoxy) is 5. The quantitative estimate of drug-likeness (QED) is 0.102. The minimum atomic E-state index is -0.335. The van der Waals surface area contributed by atoms with E-state index in [0.29, 0.717) is 67.4 Å². The van der Waals surface area contributed by atoms with Crippen LogP contribution in [0.4, 0.5) is 0 Å². The summed E-state index contributed by atoms with van der Waals surface area (Å²) in [7, 11) is 0. The second-order valence-corrected chi connectivity index (χ2v) is 18.0. The van der Waals surface area contributed by atoms with Crippen molar-refractivity contribution in [1.82, 2.24) is 68.9 Å². The van der Waals surface area contributed by atoms with E-state index in [1.807, 2.05) is 48.5 Å². The average Bonchev–Trinajstić information content (AvgIpc) is 4.15. The molecule has 23 heteroatoms. The van der Waals surface area contributed by atoms with Gasteiger partial charge in [-0.25, -0.2) is 29.3 Å². The lowest BCUT2D eigenvalue weighted by atomic mass is 10.1. The third-order valence-corrected chi connectivity index (χ3v) is 12.4. The Morgan fingerprint density at radius 1 is 0.558 bits per heavy atom. The summed E-state index contributed by atoms with van der Waals surface area (Å²) >= 11 is 0. The van der Waals surface area contributed by atoms with Crippen LogP contribution in [-0.2, 0) is 45.2 Å². The number of carbonyl (C=O) groups excluding carboxylic acids is 1. The zero-order chi connectivity index (χ0) is 53.2. The molecule has 2 fully saturated rings. The van der Waals surface area contributed by atoms with E-state index in [4.69, 9.17) is 28.8 Å². The van der Waals surface area contributed by atoms with Crippen molar-refractivity contribution in [2.45, 2.75) is 33.1 Å². The van der Waals surface area contributed by atoms with Gasteiger partial charge in [-0.05, 0) is 35.4 Å². The highest BCUT2D eigenvalue weighted by Gasteiger charge is 2.14. The number of aliphatic hydroxyl groups excluding tert-OH is 1. The summed E-state index contributed by atoms with van der Waals surface area (Å²) in [5, 5.41) is 26.7. The summed E-state index contributed by atoms with van der Waals surface area (Å²) in [5.41, 5.74) is 5.81. The maximum atomic E-state index is 12.6. The van der Waals surface area contributed by atoms with Crippen LogP contribution in [0.15, 0.2) is 132 Å². The van der Waals surface area contributed by atoms with Gasteiger partial charge in [0.1, 0.15) is 19.8 Å². The Morgan fingerprint density at radius 2 is 1.01 bits per heavy atom. The Morgan fingerprint density at radius 3 is 1.45 bits per heavy atom. The second-order valence-electron chi connectivity index (χ2n) is 18.0. The predicted molar refractivity (Wildman–Crippen MR) is 282 cm³/mol. The Bertz CT molecular complexity index is 3280. The van der Waals surface area contributed by atoms with E-state index < -0.39 is 0 Å². The minimum absolute atomic E-state index is 0.00121. The fourth-order valence-corrected chi connectivity index (χ4v) is 8.33. The predicted octanol–water partition coefficient (Wildman–Crippen LogP) is 3.20. The molecule has 2 saturated heterocycles. The number of nitrogens with zero attached hydrogens (tertiary/aromatic N) is 14. The third kappa shape index (κ3) is 15.6. The van der Waals surface area contributed by atoms with E-state index in [2.05, 4.69) is 50.1 Å². The van der Waals surface area contributed by atoms with Crippen LogP contribution >= 0.6 is 0 Å². The van der Waals surface area contributed by atoms with Crippen LogP contribution in [-0.4, -0.2) is 172 Å². The number of aromatic nitrogens is 12. The van der Waals surface area contributed by atoms with Gasteiger partial charge in [0.2, 0.25) is 0 Å². The summed E-state index contributed by atoms with van der Waals surface area (Å²) in [6.45, 7) is 12.6. The van der Waals surface area contributed by atoms with Gasteiger partial charge >= 0.3 is 5.97 Å². The van der Waals surface area contributed by atoms with Crippen LogP contribution in [0.25, 0.3) is 45.3 Å². The highest BCUT2D eigenvalue weighted by molar-refractivity contribution is 5.65. The van der Waals surface area contributed by atoms with Crippen LogP contribution in [0.5, 0.6) is 11.5 Å². The van der Waals surface area contributed by atoms with E-state index in [9.17, 15) is 14.4 Å². The second kappa shape index (κ2) is 26.9. The highest BCUT2D eigenvalue weighted by Crippen LogP contribution is 2.22. The number of morpholine rings is 2. The molecule has 6 aromatic heterocycles. The SMILES string of the molecule is CC(=O)OCCn1cc(-c2ccc(=O)n(Cc3cccc(-c4ncc(OCCN5CCOCC5)cn4)c3)n2)cn1.O=c1ccc(-c2cnn(CCO)c2)nn1Cc1cccc(-c2ncc(OCCN3CCOCC3)cn2)c1. The lowest BCUT2D eigenvalue weighted by Crippen LogP contribution is -2.38. The molecular weight excluding hydrogens is 989 g/mol. The zero-order valence-electron chi connectivity index (χ0n) is 42.7. The lowest BCUT2D eigenvalue weighted by Gasteiger charge is -2.26. The fourth-order valence-electron chi connectivity index (χ4n) is 8.33. The first-order valence-electron chi connectivity index (χ1n) is 25.4. The van der Waals surface area contributed by atoms with Crippen molar-refractivity contribution in [3.8, 4) is 56.8 Å². The number of rotatable bonds is 21. The number of benzene rings is 2. The zero-order valence-corrected chi connectivity index (χ0v) is 42.7. The van der Waals surface area contributed by atoms with Crippen molar-refractivity contribution in [2.24, 2.45) is 0 Å². The van der Waals surface area contributed by atoms with Crippen molar-refractivity contribution in [3.63, 3.8) is 0 Å². The first-order chi connectivity index (χ1) is 37.7. The number of aliphatic hydroxyl groups is 1. The molecule has 2 aromatic carbocycles. The summed E-state index contributed by atoms with van der Waals surface area (Å²) in [5.74, 6) is 2.06. The number of carbonyl (C=O) groups is 1. The molecule has 0 amide bonds. The van der Waals surface area contributed by atoms with Crippen molar-refractivity contribution < 1.29 is 33.6 Å². The maximum absolute atomic E-state index is 12.6. The molecule has 0 atom stereocenters. The monoisotopic (exact) mass is 1050 g/mol. The van der Waals surface area contributed by atoms with Crippen molar-refractivity contribution >= 4 is 5.97 Å². The molecular formula is C54H60N14O9. The molecule has 0 radical (unpaired) electrons. The first-order valence-corrected chi connectivity index (χ1v) is 25.4. The Hall–Kier alpha value is -8.35. The largest absolute Gasteiger partial charge is 0.489 e. The Balaban J connectivity index is 0.000000188. The number of hydrogen-bond acceptors (Lipinski definition) is 19. The first kappa shape index (κ1) is 53.5. The summed E-state index contributed by atoms with van der Waals surface area (Å²) < 4.78 is 33.5. The third-order valence-electron chi connectivity index (χ3n) is 12.4. The molecule has 0 bridgehead atoms. The molecule has 400 valence electrons. The minimum Gasteiger partial charge on any atom is -0.489 e. The van der Waals surface area contributed by atoms with Crippen LogP contribution < -0.4 is 20.6 Å². The Labute approximate surface area is 443 Å². The number of esters is 1. The maximum Gasteiger partial charge on any atom is 0.302 e. The standard InChI is InChI=1S/C28H31N7O5.C26H29N7O4/c1-21(36)39-14-10-34-20-24(16-31-34)26-5-6-27(37)35(32-26)19-22-3-2-4-23(15-22)28-29-17-25(18-30-28)40-13-9-33-7-11-38-12-8-33;34-10-6-32-19-22(15-29-32)24-4-5-25(35)33(30-24)18-20-2-1-3-21(14-20)26-27-16-23(17-28-26)37-13-9-31-7-11-36-12-8-31/h2-6,15-18,20H,7-14,19H2,1H3;1-5,14-17,19,34H,6-13,18H2. The van der Waals surface area contributed by atoms with Gasteiger partial charge in [0, 0.05) is 93.0 Å². The summed E-state index contributed by atoms with van der Waals surface area (Å²) in [6, 6.07) is 21.8. The fraction of sp³-hybridized carbons (Fsp3) is 0.352. The summed E-state index contributed by atoms with van der Waals surface area (Å²) in [6.07, 6.45) is 13.6. The molecule has 0 saturated carbocycles. The molecule has 77 heavy (non-hydrogen) atoms. The van der Waals surface area contributed by atoms with E-state index in [1.165, 1.54) is 28.4 Å². The van der Waals surface area contributed by atoms with Gasteiger partial charge in [0.15, 0.2) is 23.1 Å². The van der Waals surface area contributed by atoms with E-state index >= 15 is 0 Å². The molecule has 8 heterocycles. The smallest absolute Gasteiger partial charge is 0.302 e. The normalized spacial score (nSPS) is 13.9. The van der Waals surface area contributed by atoms with Crippen molar-refractivity contribution in [2.75, 3.05) is 92.1 Å². The molecule has 0 unspecified atom stereocenters. The molecule has 8 aromatic rings. The van der Waals surface area contributed by atoms with Crippen molar-refractivity contribution in [3.05, 3.63) is 154 Å². The number of hydrogen-bond donors (Lipinski definition) is 1. The van der Waals surface area contributed by atoms with E-state index in [-0.39, 0.29) is 36.8 Å². The highest BCUT2D eigenvalue weighted by atomic mass is 16.5. The molecule has 0 aliphatic carbocycles.